The van der Waals surface area contributed by atoms with Crippen LogP contribution in [0.25, 0.3) is 0 Å². The lowest BCUT2D eigenvalue weighted by Gasteiger charge is -2.43. The second-order valence-corrected chi connectivity index (χ2v) is 10.4. The molecule has 3 aromatic rings. The molecule has 2 aliphatic rings. The van der Waals surface area contributed by atoms with Crippen LogP contribution in [0.15, 0.2) is 85.0 Å². The van der Waals surface area contributed by atoms with Crippen LogP contribution in [0, 0.1) is 5.92 Å². The highest BCUT2D eigenvalue weighted by atomic mass is 35.5. The number of nitrogens with one attached hydrogen (secondary N) is 1. The van der Waals surface area contributed by atoms with Crippen LogP contribution >= 0.6 is 34.8 Å². The summed E-state index contributed by atoms with van der Waals surface area (Å²) in [5.74, 6) is -1.72. The van der Waals surface area contributed by atoms with E-state index < -0.39 is 29.1 Å². The van der Waals surface area contributed by atoms with Gasteiger partial charge >= 0.3 is 0 Å². The van der Waals surface area contributed by atoms with Crippen molar-refractivity contribution in [2.75, 3.05) is 12.5 Å². The lowest BCUT2D eigenvalue weighted by Crippen LogP contribution is -2.48. The van der Waals surface area contributed by atoms with E-state index in [0.29, 0.717) is 34.0 Å². The number of methoxy groups -OCH3 is 1. The van der Waals surface area contributed by atoms with Crippen LogP contribution in [0.3, 0.4) is 0 Å². The number of carbonyl (C=O) groups excluding carboxylic acids is 2. The number of allylic oxidation sites excluding steroid dienone is 3. The molecule has 1 saturated heterocycles. The Kier molecular flexibility index (Phi) is 6.90. The Balaban J connectivity index is 1.75. The van der Waals surface area contributed by atoms with Crippen molar-refractivity contribution in [2.24, 2.45) is 5.92 Å². The number of ether oxygens (including phenoxy) is 1. The number of imide groups is 1. The number of fused-ring (bicyclic) bond motifs is 1. The molecule has 0 saturated carbocycles. The first-order chi connectivity index (χ1) is 18.2. The van der Waals surface area contributed by atoms with Gasteiger partial charge in [0, 0.05) is 16.0 Å². The molecule has 0 bridgehead atoms. The van der Waals surface area contributed by atoms with E-state index >= 15 is 0 Å². The van der Waals surface area contributed by atoms with E-state index in [4.69, 9.17) is 39.5 Å². The molecule has 0 spiro atoms. The van der Waals surface area contributed by atoms with E-state index in [-0.39, 0.29) is 15.8 Å². The number of benzene rings is 3. The number of halogens is 3. The number of carbonyl (C=O) groups is 2. The summed E-state index contributed by atoms with van der Waals surface area (Å²) in [7, 11) is 1.56. The van der Waals surface area contributed by atoms with Crippen LogP contribution in [0.5, 0.6) is 11.5 Å². The number of hydrogen-bond acceptors (Lipinski definition) is 5. The first-order valence-electron chi connectivity index (χ1n) is 11.8. The molecule has 0 radical (unpaired) electrons. The number of phenols is 1. The van der Waals surface area contributed by atoms with Gasteiger partial charge in [-0.05, 0) is 65.6 Å². The third-order valence-electron chi connectivity index (χ3n) is 7.26. The molecule has 194 valence electrons. The first-order valence-corrected chi connectivity index (χ1v) is 12.9. The molecule has 1 aliphatic carbocycles. The van der Waals surface area contributed by atoms with Crippen LogP contribution in [0.1, 0.15) is 23.5 Å². The summed E-state index contributed by atoms with van der Waals surface area (Å²) in [6.45, 7) is 3.99. The Morgan fingerprint density at radius 1 is 1.05 bits per heavy atom. The van der Waals surface area contributed by atoms with Gasteiger partial charge in [0.1, 0.15) is 11.5 Å². The maximum Gasteiger partial charge on any atom is 0.260 e. The molecule has 2 amide bonds. The van der Waals surface area contributed by atoms with Crippen molar-refractivity contribution in [2.45, 2.75) is 17.8 Å². The Hall–Kier alpha value is -3.45. The molecule has 9 heteroatoms. The molecule has 5 rings (SSSR count). The fourth-order valence-corrected chi connectivity index (χ4v) is 6.31. The van der Waals surface area contributed by atoms with Gasteiger partial charge in [-0.25, -0.2) is 0 Å². The monoisotopic (exact) mass is 568 g/mol. The summed E-state index contributed by atoms with van der Waals surface area (Å²) in [4.78, 5) is 28.6. The summed E-state index contributed by atoms with van der Waals surface area (Å²) in [6, 6.07) is 16.5. The van der Waals surface area contributed by atoms with Gasteiger partial charge in [0.15, 0.2) is 0 Å². The average molecular weight is 570 g/mol. The summed E-state index contributed by atoms with van der Waals surface area (Å²) in [5, 5.41) is 12.0. The van der Waals surface area contributed by atoms with Gasteiger partial charge < -0.3 is 9.84 Å². The molecule has 3 aromatic carbocycles. The van der Waals surface area contributed by atoms with Gasteiger partial charge in [0.05, 0.1) is 29.2 Å². The third-order valence-corrected chi connectivity index (χ3v) is 8.14. The van der Waals surface area contributed by atoms with E-state index in [9.17, 15) is 14.7 Å². The zero-order valence-electron chi connectivity index (χ0n) is 20.3. The molecule has 0 aromatic heterocycles. The quantitative estimate of drug-likeness (QED) is 0.315. The van der Waals surface area contributed by atoms with Crippen LogP contribution in [-0.2, 0) is 15.0 Å². The number of rotatable bonds is 6. The highest BCUT2D eigenvalue weighted by molar-refractivity contribution is 6.36. The van der Waals surface area contributed by atoms with Crippen LogP contribution in [0.2, 0.25) is 15.1 Å². The van der Waals surface area contributed by atoms with Crippen molar-refractivity contribution in [3.05, 3.63) is 111 Å². The number of nitrogens with zero attached hydrogens (tertiary/aromatic N) is 1. The Morgan fingerprint density at radius 3 is 2.42 bits per heavy atom. The van der Waals surface area contributed by atoms with Crippen molar-refractivity contribution in [3.8, 4) is 11.5 Å². The van der Waals surface area contributed by atoms with E-state index in [1.807, 2.05) is 6.08 Å². The van der Waals surface area contributed by atoms with Gasteiger partial charge in [0.2, 0.25) is 0 Å². The van der Waals surface area contributed by atoms with Gasteiger partial charge in [0.25, 0.3) is 11.8 Å². The normalized spacial score (nSPS) is 22.6. The number of hydrogen-bond donors (Lipinski definition) is 2. The van der Waals surface area contributed by atoms with Crippen molar-refractivity contribution in [1.29, 1.82) is 0 Å². The largest absolute Gasteiger partial charge is 0.508 e. The first kappa shape index (κ1) is 26.2. The Bertz CT molecular complexity index is 1490. The molecule has 3 atom stereocenters. The minimum Gasteiger partial charge on any atom is -0.508 e. The summed E-state index contributed by atoms with van der Waals surface area (Å²) < 4.78 is 5.35. The van der Waals surface area contributed by atoms with Crippen molar-refractivity contribution < 1.29 is 19.4 Å². The Labute approximate surface area is 235 Å². The molecule has 1 aliphatic heterocycles. The zero-order chi connectivity index (χ0) is 27.2. The topological polar surface area (TPSA) is 78.9 Å². The zero-order valence-corrected chi connectivity index (χ0v) is 22.5. The molecule has 1 heterocycles. The van der Waals surface area contributed by atoms with Crippen LogP contribution < -0.4 is 10.2 Å². The standard InChI is InChI=1S/C29H23Cl3N2O4/c1-3-16-4-12-22-27(36)34(33-25-13-7-18(30)14-24(25)32)28(37)29(22,17-5-9-20(38-2)10-6-17)26(16)21-11-8-19(35)15-23(21)31/h3-11,13-15,22,26,33,35H,1,12H2,2H3. The van der Waals surface area contributed by atoms with Gasteiger partial charge in [-0.1, -0.05) is 71.7 Å². The highest BCUT2D eigenvalue weighted by Crippen LogP contribution is 2.58. The molecular weight excluding hydrogens is 547 g/mol. The van der Waals surface area contributed by atoms with Crippen molar-refractivity contribution in [3.63, 3.8) is 0 Å². The minimum absolute atomic E-state index is 0.0109. The fourth-order valence-electron chi connectivity index (χ4n) is 5.57. The number of aromatic hydroxyl groups is 1. The summed E-state index contributed by atoms with van der Waals surface area (Å²) in [6.07, 6.45) is 3.90. The second kappa shape index (κ2) is 10.0. The van der Waals surface area contributed by atoms with E-state index in [1.54, 1.807) is 55.7 Å². The van der Waals surface area contributed by atoms with Crippen LogP contribution in [-0.4, -0.2) is 29.0 Å². The number of anilines is 1. The molecular formula is C29H23Cl3N2O4. The van der Waals surface area contributed by atoms with E-state index in [2.05, 4.69) is 12.0 Å². The number of amides is 2. The lowest BCUT2D eigenvalue weighted by molar-refractivity contribution is -0.138. The smallest absolute Gasteiger partial charge is 0.260 e. The van der Waals surface area contributed by atoms with Gasteiger partial charge in [-0.15, -0.1) is 0 Å². The van der Waals surface area contributed by atoms with Gasteiger partial charge in [-0.2, -0.15) is 5.01 Å². The SMILES string of the molecule is C=CC1=CCC2C(=O)N(Nc3ccc(Cl)cc3Cl)C(=O)C2(c2ccc(OC)cc2)C1c1ccc(O)cc1Cl. The minimum atomic E-state index is -1.38. The fraction of sp³-hybridized carbons (Fsp3) is 0.172. The molecule has 2 N–H and O–H groups in total. The molecule has 1 fully saturated rings. The predicted octanol–water partition coefficient (Wildman–Crippen LogP) is 6.91. The second-order valence-electron chi connectivity index (χ2n) is 9.15. The predicted molar refractivity (Wildman–Crippen MR) is 149 cm³/mol. The average Bonchev–Trinajstić information content (AvgIpc) is 3.12. The molecule has 3 unspecified atom stereocenters. The summed E-state index contributed by atoms with van der Waals surface area (Å²) >= 11 is 19.1. The maximum atomic E-state index is 14.6. The van der Waals surface area contributed by atoms with E-state index in [0.717, 1.165) is 10.6 Å². The molecule has 6 nitrogen and oxygen atoms in total. The number of hydrazine groups is 1. The van der Waals surface area contributed by atoms with E-state index in [1.165, 1.54) is 18.2 Å². The lowest BCUT2D eigenvalue weighted by atomic mass is 9.56. The number of phenolic OH excluding ortho intramolecular Hbond substituents is 1. The highest BCUT2D eigenvalue weighted by Gasteiger charge is 2.66. The van der Waals surface area contributed by atoms with Gasteiger partial charge in [-0.3, -0.25) is 15.0 Å². The summed E-state index contributed by atoms with van der Waals surface area (Å²) in [5.41, 5.74) is 3.87. The Morgan fingerprint density at radius 2 is 1.79 bits per heavy atom. The van der Waals surface area contributed by atoms with Crippen molar-refractivity contribution >= 4 is 52.3 Å². The third kappa shape index (κ3) is 4.04. The molecule has 38 heavy (non-hydrogen) atoms. The maximum absolute atomic E-state index is 14.6. The van der Waals surface area contributed by atoms with Crippen molar-refractivity contribution in [1.82, 2.24) is 5.01 Å². The van der Waals surface area contributed by atoms with Crippen LogP contribution in [0.4, 0.5) is 5.69 Å².